The number of hydrogen-bond donors (Lipinski definition) is 1. The van der Waals surface area contributed by atoms with Gasteiger partial charge in [0.25, 0.3) is 0 Å². The monoisotopic (exact) mass is 327 g/mol. The largest absolute Gasteiger partial charge is 0.493 e. The van der Waals surface area contributed by atoms with Gasteiger partial charge >= 0.3 is 0 Å². The van der Waals surface area contributed by atoms with E-state index in [1.54, 1.807) is 0 Å². The lowest BCUT2D eigenvalue weighted by Crippen LogP contribution is -2.47. The molecule has 0 spiro atoms. The molecule has 0 saturated carbocycles. The average molecular weight is 328 g/mol. The summed E-state index contributed by atoms with van der Waals surface area (Å²) in [6.45, 7) is 6.51. The number of alkyl halides is 1. The van der Waals surface area contributed by atoms with E-state index < -0.39 is 0 Å². The molecular formula is C15H22BrNO2. The Morgan fingerprint density at radius 1 is 1.47 bits per heavy atom. The molecule has 0 heterocycles. The Kier molecular flexibility index (Phi) is 6.35. The maximum atomic E-state index is 11.8. The summed E-state index contributed by atoms with van der Waals surface area (Å²) in [5.74, 6) is 0.836. The standard InChI is InChI=1S/C15H22BrNO2/c1-4-15(3,11-16)17-14(18)8-9-19-13-7-5-6-12(2)10-13/h5-7,10H,4,8-9,11H2,1-3H3,(H,17,18). The van der Waals surface area contributed by atoms with Crippen molar-refractivity contribution < 1.29 is 9.53 Å². The molecule has 4 heteroatoms. The molecule has 0 aliphatic rings. The predicted molar refractivity (Wildman–Crippen MR) is 81.9 cm³/mol. The zero-order valence-electron chi connectivity index (χ0n) is 11.8. The molecule has 0 aromatic heterocycles. The van der Waals surface area contributed by atoms with Gasteiger partial charge in [0.05, 0.1) is 13.0 Å². The molecule has 0 saturated heterocycles. The number of halogens is 1. The van der Waals surface area contributed by atoms with Crippen LogP contribution in [0.1, 0.15) is 32.3 Å². The lowest BCUT2D eigenvalue weighted by Gasteiger charge is -2.27. The molecule has 1 atom stereocenters. The highest BCUT2D eigenvalue weighted by molar-refractivity contribution is 9.09. The van der Waals surface area contributed by atoms with Crippen molar-refractivity contribution in [1.29, 1.82) is 0 Å². The van der Waals surface area contributed by atoms with E-state index in [0.29, 0.717) is 13.0 Å². The number of aryl methyl sites for hydroxylation is 1. The lowest BCUT2D eigenvalue weighted by atomic mass is 10.0. The van der Waals surface area contributed by atoms with E-state index >= 15 is 0 Å². The molecular weight excluding hydrogens is 306 g/mol. The van der Waals surface area contributed by atoms with Crippen LogP contribution in [0.3, 0.4) is 0 Å². The van der Waals surface area contributed by atoms with Gasteiger partial charge in [-0.2, -0.15) is 0 Å². The summed E-state index contributed by atoms with van der Waals surface area (Å²) < 4.78 is 5.57. The first-order valence-electron chi connectivity index (χ1n) is 6.55. The van der Waals surface area contributed by atoms with Gasteiger partial charge in [-0.05, 0) is 38.0 Å². The number of carbonyl (C=O) groups excluding carboxylic acids is 1. The maximum absolute atomic E-state index is 11.8. The van der Waals surface area contributed by atoms with E-state index in [0.717, 1.165) is 23.1 Å². The topological polar surface area (TPSA) is 38.3 Å². The Morgan fingerprint density at radius 2 is 2.21 bits per heavy atom. The van der Waals surface area contributed by atoms with Crippen molar-refractivity contribution in [1.82, 2.24) is 5.32 Å². The minimum Gasteiger partial charge on any atom is -0.493 e. The summed E-state index contributed by atoms with van der Waals surface area (Å²) in [6, 6.07) is 7.83. The number of carbonyl (C=O) groups is 1. The SMILES string of the molecule is CCC(C)(CBr)NC(=O)CCOc1cccc(C)c1. The van der Waals surface area contributed by atoms with Gasteiger partial charge in [-0.1, -0.05) is 35.0 Å². The molecule has 1 unspecified atom stereocenters. The van der Waals surface area contributed by atoms with Crippen molar-refractivity contribution in [2.45, 2.75) is 39.2 Å². The van der Waals surface area contributed by atoms with Crippen molar-refractivity contribution in [3.8, 4) is 5.75 Å². The summed E-state index contributed by atoms with van der Waals surface area (Å²) in [5, 5.41) is 3.78. The van der Waals surface area contributed by atoms with Gasteiger partial charge in [0.2, 0.25) is 5.91 Å². The van der Waals surface area contributed by atoms with E-state index in [1.807, 2.05) is 38.1 Å². The highest BCUT2D eigenvalue weighted by atomic mass is 79.9. The van der Waals surface area contributed by atoms with Crippen LogP contribution in [0.25, 0.3) is 0 Å². The second-order valence-electron chi connectivity index (χ2n) is 5.01. The molecule has 1 aromatic carbocycles. The van der Waals surface area contributed by atoms with E-state index in [-0.39, 0.29) is 11.4 Å². The molecule has 0 aliphatic carbocycles. The van der Waals surface area contributed by atoms with Crippen LogP contribution in [-0.2, 0) is 4.79 Å². The van der Waals surface area contributed by atoms with Crippen LogP contribution < -0.4 is 10.1 Å². The molecule has 1 N–H and O–H groups in total. The summed E-state index contributed by atoms with van der Waals surface area (Å²) in [6.07, 6.45) is 1.26. The van der Waals surface area contributed by atoms with Crippen LogP contribution in [0, 0.1) is 6.92 Å². The van der Waals surface area contributed by atoms with Crippen LogP contribution >= 0.6 is 15.9 Å². The third kappa shape index (κ3) is 5.64. The summed E-state index contributed by atoms with van der Waals surface area (Å²) in [5.41, 5.74) is 0.972. The Morgan fingerprint density at radius 3 is 2.79 bits per heavy atom. The predicted octanol–water partition coefficient (Wildman–Crippen LogP) is 3.44. The number of nitrogens with one attached hydrogen (secondary N) is 1. The van der Waals surface area contributed by atoms with Crippen molar-refractivity contribution in [2.75, 3.05) is 11.9 Å². The number of rotatable bonds is 7. The van der Waals surface area contributed by atoms with Crippen molar-refractivity contribution in [3.05, 3.63) is 29.8 Å². The van der Waals surface area contributed by atoms with E-state index in [9.17, 15) is 4.79 Å². The Hall–Kier alpha value is -1.03. The highest BCUT2D eigenvalue weighted by Gasteiger charge is 2.22. The Bertz CT molecular complexity index is 416. The van der Waals surface area contributed by atoms with E-state index in [2.05, 4.69) is 28.2 Å². The van der Waals surface area contributed by atoms with E-state index in [1.165, 1.54) is 0 Å². The fourth-order valence-electron chi connectivity index (χ4n) is 1.58. The summed E-state index contributed by atoms with van der Waals surface area (Å²) in [4.78, 5) is 11.8. The zero-order chi connectivity index (χ0) is 14.3. The fourth-order valence-corrected chi connectivity index (χ4v) is 2.12. The second-order valence-corrected chi connectivity index (χ2v) is 5.57. The third-order valence-electron chi connectivity index (χ3n) is 3.10. The van der Waals surface area contributed by atoms with Gasteiger partial charge in [0.15, 0.2) is 0 Å². The molecule has 19 heavy (non-hydrogen) atoms. The van der Waals surface area contributed by atoms with Gasteiger partial charge < -0.3 is 10.1 Å². The molecule has 0 radical (unpaired) electrons. The lowest BCUT2D eigenvalue weighted by molar-refractivity contribution is -0.123. The summed E-state index contributed by atoms with van der Waals surface area (Å²) >= 11 is 3.43. The molecule has 1 rings (SSSR count). The van der Waals surface area contributed by atoms with Crippen molar-refractivity contribution >= 4 is 21.8 Å². The molecule has 3 nitrogen and oxygen atoms in total. The van der Waals surface area contributed by atoms with Crippen LogP contribution in [0.4, 0.5) is 0 Å². The van der Waals surface area contributed by atoms with Gasteiger partial charge in [-0.3, -0.25) is 4.79 Å². The smallest absolute Gasteiger partial charge is 0.223 e. The number of ether oxygens (including phenoxy) is 1. The fraction of sp³-hybridized carbons (Fsp3) is 0.533. The first-order valence-corrected chi connectivity index (χ1v) is 7.67. The van der Waals surface area contributed by atoms with Crippen LogP contribution in [-0.4, -0.2) is 23.4 Å². The number of hydrogen-bond acceptors (Lipinski definition) is 2. The summed E-state index contributed by atoms with van der Waals surface area (Å²) in [7, 11) is 0. The van der Waals surface area contributed by atoms with Gasteiger partial charge in [-0.15, -0.1) is 0 Å². The molecule has 1 amide bonds. The zero-order valence-corrected chi connectivity index (χ0v) is 13.4. The molecule has 0 fully saturated rings. The minimum absolute atomic E-state index is 0.0245. The normalized spacial score (nSPS) is 13.7. The average Bonchev–Trinajstić information content (AvgIpc) is 2.38. The molecule has 0 bridgehead atoms. The molecule has 1 aromatic rings. The maximum Gasteiger partial charge on any atom is 0.223 e. The number of amides is 1. The van der Waals surface area contributed by atoms with E-state index in [4.69, 9.17) is 4.74 Å². The van der Waals surface area contributed by atoms with Gasteiger partial charge in [0.1, 0.15) is 5.75 Å². The van der Waals surface area contributed by atoms with Crippen molar-refractivity contribution in [2.24, 2.45) is 0 Å². The second kappa shape index (κ2) is 7.53. The van der Waals surface area contributed by atoms with Gasteiger partial charge in [0, 0.05) is 10.9 Å². The van der Waals surface area contributed by atoms with Crippen LogP contribution in [0.15, 0.2) is 24.3 Å². The molecule has 106 valence electrons. The van der Waals surface area contributed by atoms with Crippen LogP contribution in [0.2, 0.25) is 0 Å². The van der Waals surface area contributed by atoms with Gasteiger partial charge in [-0.25, -0.2) is 0 Å². The Balaban J connectivity index is 2.35. The Labute approximate surface area is 123 Å². The first kappa shape index (κ1) is 16.0. The number of benzene rings is 1. The quantitative estimate of drug-likeness (QED) is 0.779. The third-order valence-corrected chi connectivity index (χ3v) is 4.34. The molecule has 0 aliphatic heterocycles. The van der Waals surface area contributed by atoms with Crippen molar-refractivity contribution in [3.63, 3.8) is 0 Å². The van der Waals surface area contributed by atoms with Crippen LogP contribution in [0.5, 0.6) is 5.75 Å². The minimum atomic E-state index is -0.180. The first-order chi connectivity index (χ1) is 8.99. The highest BCUT2D eigenvalue weighted by Crippen LogP contribution is 2.14.